The molecule has 0 N–H and O–H groups in total. The first kappa shape index (κ1) is 14.6. The molecule has 1 amide bonds. The Balaban J connectivity index is 1.79. The smallest absolute Gasteiger partial charge is 0.410 e. The Hall–Kier alpha value is -0.770. The molecule has 110 valence electrons. The van der Waals surface area contributed by atoms with Gasteiger partial charge in [-0.15, -0.1) is 0 Å². The van der Waals surface area contributed by atoms with Gasteiger partial charge < -0.3 is 9.64 Å². The van der Waals surface area contributed by atoms with Gasteiger partial charge in [0.2, 0.25) is 0 Å². The van der Waals surface area contributed by atoms with E-state index in [-0.39, 0.29) is 6.09 Å². The average Bonchev–Trinajstić information content (AvgIpc) is 2.23. The van der Waals surface area contributed by atoms with Crippen molar-refractivity contribution in [2.75, 3.05) is 26.2 Å². The minimum absolute atomic E-state index is 0.151. The van der Waals surface area contributed by atoms with Crippen LogP contribution in [0, 0.1) is 5.41 Å². The lowest BCUT2D eigenvalue weighted by Crippen LogP contribution is -2.62. The molecule has 2 aliphatic rings. The molecule has 0 radical (unpaired) electrons. The summed E-state index contributed by atoms with van der Waals surface area (Å²) in [5.74, 6) is 0. The molecule has 4 heteroatoms. The summed E-state index contributed by atoms with van der Waals surface area (Å²) in [4.78, 5) is 16.4. The largest absolute Gasteiger partial charge is 0.444 e. The molecule has 2 rings (SSSR count). The molecule has 2 fully saturated rings. The van der Waals surface area contributed by atoms with Crippen molar-refractivity contribution in [1.29, 1.82) is 0 Å². The zero-order chi connectivity index (χ0) is 14.3. The lowest BCUT2D eigenvalue weighted by molar-refractivity contribution is -0.0647. The average molecular weight is 268 g/mol. The molecule has 0 atom stereocenters. The van der Waals surface area contributed by atoms with E-state index >= 15 is 0 Å². The molecule has 2 aliphatic heterocycles. The first-order chi connectivity index (χ1) is 8.71. The van der Waals surface area contributed by atoms with Crippen molar-refractivity contribution in [3.63, 3.8) is 0 Å². The molecule has 2 heterocycles. The molecule has 0 aromatic rings. The van der Waals surface area contributed by atoms with Crippen LogP contribution < -0.4 is 0 Å². The molecule has 0 aromatic heterocycles. The van der Waals surface area contributed by atoms with Gasteiger partial charge in [-0.2, -0.15) is 0 Å². The molecule has 4 nitrogen and oxygen atoms in total. The second kappa shape index (κ2) is 4.97. The highest BCUT2D eigenvalue weighted by Crippen LogP contribution is 2.41. The number of nitrogens with zero attached hydrogens (tertiary/aromatic N) is 2. The van der Waals surface area contributed by atoms with Crippen LogP contribution >= 0.6 is 0 Å². The second-order valence-electron chi connectivity index (χ2n) is 7.47. The summed E-state index contributed by atoms with van der Waals surface area (Å²) in [5.41, 5.74) is 0.0832. The van der Waals surface area contributed by atoms with E-state index in [1.165, 1.54) is 13.1 Å². The highest BCUT2D eigenvalue weighted by molar-refractivity contribution is 5.68. The van der Waals surface area contributed by atoms with Crippen LogP contribution in [0.5, 0.6) is 0 Å². The first-order valence-corrected chi connectivity index (χ1v) is 7.43. The maximum atomic E-state index is 12.0. The summed E-state index contributed by atoms with van der Waals surface area (Å²) >= 11 is 0. The van der Waals surface area contributed by atoms with E-state index in [0.717, 1.165) is 25.9 Å². The SMILES string of the molecule is CC(C)N1CC2(CCN(C(=O)OC(C)(C)C)CC2)C1. The molecular formula is C15H28N2O2. The molecule has 19 heavy (non-hydrogen) atoms. The Kier molecular flexibility index (Phi) is 3.83. The van der Waals surface area contributed by atoms with Crippen LogP contribution in [0.2, 0.25) is 0 Å². The number of amides is 1. The molecule has 0 aliphatic carbocycles. The van der Waals surface area contributed by atoms with Gasteiger partial charge in [0.25, 0.3) is 0 Å². The second-order valence-corrected chi connectivity index (χ2v) is 7.47. The van der Waals surface area contributed by atoms with Crippen LogP contribution in [-0.2, 0) is 4.74 Å². The van der Waals surface area contributed by atoms with E-state index in [2.05, 4.69) is 18.7 Å². The predicted octanol–water partition coefficient (Wildman–Crippen LogP) is 2.73. The number of hydrogen-bond donors (Lipinski definition) is 0. The van der Waals surface area contributed by atoms with Crippen molar-refractivity contribution in [3.05, 3.63) is 0 Å². The van der Waals surface area contributed by atoms with E-state index in [4.69, 9.17) is 4.74 Å². The van der Waals surface area contributed by atoms with E-state index in [1.54, 1.807) is 0 Å². The van der Waals surface area contributed by atoms with E-state index in [0.29, 0.717) is 11.5 Å². The molecule has 2 saturated heterocycles. The molecule has 1 spiro atoms. The Morgan fingerprint density at radius 1 is 1.16 bits per heavy atom. The summed E-state index contributed by atoms with van der Waals surface area (Å²) in [6.45, 7) is 14.4. The predicted molar refractivity (Wildman–Crippen MR) is 76.2 cm³/mol. The number of likely N-dealkylation sites (tertiary alicyclic amines) is 2. The summed E-state index contributed by atoms with van der Waals surface area (Å²) in [7, 11) is 0. The molecule has 0 saturated carbocycles. The minimum Gasteiger partial charge on any atom is -0.444 e. The van der Waals surface area contributed by atoms with Crippen molar-refractivity contribution in [2.24, 2.45) is 5.41 Å². The maximum Gasteiger partial charge on any atom is 0.410 e. The van der Waals surface area contributed by atoms with Gasteiger partial charge in [-0.25, -0.2) is 4.79 Å². The third-order valence-electron chi connectivity index (χ3n) is 4.28. The van der Waals surface area contributed by atoms with Gasteiger partial charge in [0, 0.05) is 32.2 Å². The van der Waals surface area contributed by atoms with Crippen LogP contribution in [0.15, 0.2) is 0 Å². The van der Waals surface area contributed by atoms with Crippen LogP contribution in [0.3, 0.4) is 0 Å². The van der Waals surface area contributed by atoms with Crippen LogP contribution in [0.25, 0.3) is 0 Å². The van der Waals surface area contributed by atoms with Gasteiger partial charge in [0.05, 0.1) is 0 Å². The number of piperidine rings is 1. The Bertz CT molecular complexity index is 331. The quantitative estimate of drug-likeness (QED) is 0.733. The van der Waals surface area contributed by atoms with E-state index < -0.39 is 5.60 Å². The number of carbonyl (C=O) groups is 1. The van der Waals surface area contributed by atoms with Gasteiger partial charge >= 0.3 is 6.09 Å². The number of carbonyl (C=O) groups excluding carboxylic acids is 1. The zero-order valence-corrected chi connectivity index (χ0v) is 13.0. The maximum absolute atomic E-state index is 12.0. The molecule has 0 aromatic carbocycles. The zero-order valence-electron chi connectivity index (χ0n) is 13.0. The molecule has 0 unspecified atom stereocenters. The van der Waals surface area contributed by atoms with Crippen LogP contribution in [0.4, 0.5) is 4.79 Å². The van der Waals surface area contributed by atoms with E-state index in [1.807, 2.05) is 25.7 Å². The highest BCUT2D eigenvalue weighted by Gasteiger charge is 2.46. The normalized spacial score (nSPS) is 23.6. The third kappa shape index (κ3) is 3.41. The first-order valence-electron chi connectivity index (χ1n) is 7.43. The molecule has 0 bridgehead atoms. The minimum atomic E-state index is -0.392. The molecular weight excluding hydrogens is 240 g/mol. The fourth-order valence-electron chi connectivity index (χ4n) is 2.99. The number of rotatable bonds is 1. The van der Waals surface area contributed by atoms with E-state index in [9.17, 15) is 4.79 Å². The van der Waals surface area contributed by atoms with Gasteiger partial charge in [0.1, 0.15) is 5.60 Å². The number of ether oxygens (including phenoxy) is 1. The highest BCUT2D eigenvalue weighted by atomic mass is 16.6. The monoisotopic (exact) mass is 268 g/mol. The van der Waals surface area contributed by atoms with Crippen molar-refractivity contribution < 1.29 is 9.53 Å². The summed E-state index contributed by atoms with van der Waals surface area (Å²) in [6, 6.07) is 0.648. The van der Waals surface area contributed by atoms with Crippen molar-refractivity contribution in [2.45, 2.75) is 59.1 Å². The van der Waals surface area contributed by atoms with Crippen molar-refractivity contribution in [1.82, 2.24) is 9.80 Å². The summed E-state index contributed by atoms with van der Waals surface area (Å²) in [5, 5.41) is 0. The van der Waals surface area contributed by atoms with Gasteiger partial charge in [-0.05, 0) is 52.9 Å². The Morgan fingerprint density at radius 2 is 1.68 bits per heavy atom. The van der Waals surface area contributed by atoms with Crippen molar-refractivity contribution >= 4 is 6.09 Å². The Morgan fingerprint density at radius 3 is 2.11 bits per heavy atom. The van der Waals surface area contributed by atoms with Gasteiger partial charge in [-0.3, -0.25) is 4.90 Å². The van der Waals surface area contributed by atoms with Crippen LogP contribution in [-0.4, -0.2) is 53.7 Å². The fraction of sp³-hybridized carbons (Fsp3) is 0.933. The summed E-state index contributed by atoms with van der Waals surface area (Å²) in [6.07, 6.45) is 2.09. The van der Waals surface area contributed by atoms with Crippen LogP contribution in [0.1, 0.15) is 47.5 Å². The van der Waals surface area contributed by atoms with Gasteiger partial charge in [0.15, 0.2) is 0 Å². The lowest BCUT2D eigenvalue weighted by atomic mass is 9.71. The Labute approximate surface area is 117 Å². The summed E-state index contributed by atoms with van der Waals surface area (Å²) < 4.78 is 5.43. The lowest BCUT2D eigenvalue weighted by Gasteiger charge is -2.55. The fourth-order valence-corrected chi connectivity index (χ4v) is 2.99. The topological polar surface area (TPSA) is 32.8 Å². The van der Waals surface area contributed by atoms with Crippen molar-refractivity contribution in [3.8, 4) is 0 Å². The standard InChI is InChI=1S/C15H28N2O2/c1-12(2)17-10-15(11-17)6-8-16(9-7-15)13(18)19-14(3,4)5/h12H,6-11H2,1-5H3. The van der Waals surface area contributed by atoms with Gasteiger partial charge in [-0.1, -0.05) is 0 Å². The number of hydrogen-bond acceptors (Lipinski definition) is 3. The third-order valence-corrected chi connectivity index (χ3v) is 4.28.